The van der Waals surface area contributed by atoms with Gasteiger partial charge in [0.15, 0.2) is 0 Å². The summed E-state index contributed by atoms with van der Waals surface area (Å²) in [5.74, 6) is 0.780. The first-order chi connectivity index (χ1) is 15.3. The van der Waals surface area contributed by atoms with Crippen molar-refractivity contribution < 1.29 is 4.74 Å². The molecule has 1 saturated heterocycles. The first-order valence-corrected chi connectivity index (χ1v) is 11.0. The zero-order valence-electron chi connectivity index (χ0n) is 18.1. The van der Waals surface area contributed by atoms with E-state index in [0.717, 1.165) is 62.6 Å². The van der Waals surface area contributed by atoms with Crippen molar-refractivity contribution in [1.29, 1.82) is 0 Å². The molecule has 4 rings (SSSR count). The molecular weight excluding hydrogens is 384 g/mol. The van der Waals surface area contributed by atoms with Crippen molar-refractivity contribution in [2.75, 3.05) is 36.6 Å². The zero-order chi connectivity index (χ0) is 21.3. The number of hydrogen-bond acceptors (Lipinski definition) is 5. The molecule has 1 aliphatic rings. The summed E-state index contributed by atoms with van der Waals surface area (Å²) in [7, 11) is 0. The van der Waals surface area contributed by atoms with E-state index in [0.29, 0.717) is 0 Å². The number of aryl methyl sites for hydroxylation is 3. The second-order valence-corrected chi connectivity index (χ2v) is 7.92. The lowest BCUT2D eigenvalue weighted by atomic mass is 10.1. The molecule has 2 aromatic carbocycles. The predicted octanol–water partition coefficient (Wildman–Crippen LogP) is 4.85. The highest BCUT2D eigenvalue weighted by Crippen LogP contribution is 2.22. The third-order valence-electron chi connectivity index (χ3n) is 5.42. The number of ether oxygens (including phenoxy) is 1. The molecule has 0 unspecified atom stereocenters. The summed E-state index contributed by atoms with van der Waals surface area (Å²) < 4.78 is 5.52. The van der Waals surface area contributed by atoms with E-state index in [1.807, 2.05) is 18.3 Å². The van der Waals surface area contributed by atoms with Gasteiger partial charge in [-0.25, -0.2) is 4.98 Å². The molecule has 5 nitrogen and oxygen atoms in total. The topological polar surface area (TPSA) is 49.8 Å². The molecule has 2 heterocycles. The molecule has 0 bridgehead atoms. The van der Waals surface area contributed by atoms with Gasteiger partial charge in [0.1, 0.15) is 5.82 Å². The van der Waals surface area contributed by atoms with E-state index in [-0.39, 0.29) is 0 Å². The van der Waals surface area contributed by atoms with Crippen molar-refractivity contribution >= 4 is 17.7 Å². The van der Waals surface area contributed by atoms with E-state index in [1.54, 1.807) is 0 Å². The van der Waals surface area contributed by atoms with Gasteiger partial charge in [-0.15, -0.1) is 0 Å². The fraction of sp³-hybridized carbons (Fsp3) is 0.308. The number of anilines is 2. The van der Waals surface area contributed by atoms with E-state index in [1.165, 1.54) is 16.8 Å². The van der Waals surface area contributed by atoms with Crippen molar-refractivity contribution in [3.63, 3.8) is 0 Å². The van der Waals surface area contributed by atoms with Gasteiger partial charge >= 0.3 is 0 Å². The summed E-state index contributed by atoms with van der Waals surface area (Å²) in [6.45, 7) is 5.42. The third kappa shape index (κ3) is 6.40. The minimum Gasteiger partial charge on any atom is -0.378 e. The Morgan fingerprint density at radius 1 is 1.00 bits per heavy atom. The summed E-state index contributed by atoms with van der Waals surface area (Å²) in [5.41, 5.74) is 9.07. The Kier molecular flexibility index (Phi) is 7.29. The maximum Gasteiger partial charge on any atom is 0.148 e. The Balaban J connectivity index is 1.46. The average molecular weight is 415 g/mol. The molecule has 1 fully saturated rings. The van der Waals surface area contributed by atoms with Crippen LogP contribution in [0, 0.1) is 6.92 Å². The van der Waals surface area contributed by atoms with Gasteiger partial charge in [-0.1, -0.05) is 60.2 Å². The molecule has 0 aliphatic carbocycles. The zero-order valence-corrected chi connectivity index (χ0v) is 18.1. The van der Waals surface area contributed by atoms with Crippen LogP contribution in [0.1, 0.15) is 28.8 Å². The van der Waals surface area contributed by atoms with E-state index in [9.17, 15) is 0 Å². The average Bonchev–Trinajstić information content (AvgIpc) is 2.80. The highest BCUT2D eigenvalue weighted by atomic mass is 16.5. The van der Waals surface area contributed by atoms with Crippen LogP contribution < -0.4 is 10.3 Å². The Morgan fingerprint density at radius 3 is 2.65 bits per heavy atom. The van der Waals surface area contributed by atoms with E-state index in [2.05, 4.69) is 76.9 Å². The standard InChI is InChI=1S/C26H30N4O/c1-21-7-5-11-23(17-21)20-27-29-26-19-25(30-13-15-31-16-14-30)18-24(28-26)12-6-10-22-8-3-2-4-9-22/h2-5,7-9,11,17-20H,6,10,12-16H2,1H3,(H,28,29). The molecule has 0 atom stereocenters. The maximum absolute atomic E-state index is 5.52. The summed E-state index contributed by atoms with van der Waals surface area (Å²) >= 11 is 0. The minimum atomic E-state index is 0.764. The first kappa shape index (κ1) is 21.1. The van der Waals surface area contributed by atoms with Crippen LogP contribution in [0.3, 0.4) is 0 Å². The molecule has 0 saturated carbocycles. The van der Waals surface area contributed by atoms with Crippen LogP contribution in [0.25, 0.3) is 0 Å². The SMILES string of the molecule is Cc1cccc(C=NNc2cc(N3CCOCC3)cc(CCCc3ccccc3)n2)c1. The van der Waals surface area contributed by atoms with Gasteiger partial charge in [-0.2, -0.15) is 5.10 Å². The van der Waals surface area contributed by atoms with Crippen molar-refractivity contribution in [2.24, 2.45) is 5.10 Å². The van der Waals surface area contributed by atoms with Crippen LogP contribution in [-0.2, 0) is 17.6 Å². The van der Waals surface area contributed by atoms with E-state index < -0.39 is 0 Å². The van der Waals surface area contributed by atoms with Gasteiger partial charge in [0.2, 0.25) is 0 Å². The molecule has 31 heavy (non-hydrogen) atoms. The molecule has 5 heteroatoms. The second kappa shape index (κ2) is 10.7. The first-order valence-electron chi connectivity index (χ1n) is 11.0. The summed E-state index contributed by atoms with van der Waals surface area (Å²) in [5, 5.41) is 4.43. The molecule has 1 aliphatic heterocycles. The highest BCUT2D eigenvalue weighted by Gasteiger charge is 2.13. The monoisotopic (exact) mass is 414 g/mol. The summed E-state index contributed by atoms with van der Waals surface area (Å²) in [6, 6.07) is 23.2. The number of morpholine rings is 1. The van der Waals surface area contributed by atoms with Crippen LogP contribution in [0.5, 0.6) is 0 Å². The number of rotatable bonds is 8. The van der Waals surface area contributed by atoms with Gasteiger partial charge < -0.3 is 9.64 Å². The van der Waals surface area contributed by atoms with Gasteiger partial charge in [0.05, 0.1) is 19.4 Å². The molecule has 0 radical (unpaired) electrons. The van der Waals surface area contributed by atoms with Crippen LogP contribution in [0.15, 0.2) is 71.8 Å². The van der Waals surface area contributed by atoms with Crippen molar-refractivity contribution in [1.82, 2.24) is 4.98 Å². The number of pyridine rings is 1. The number of hydrazone groups is 1. The Morgan fingerprint density at radius 2 is 1.84 bits per heavy atom. The van der Waals surface area contributed by atoms with Crippen LogP contribution in [0.4, 0.5) is 11.5 Å². The van der Waals surface area contributed by atoms with Crippen LogP contribution >= 0.6 is 0 Å². The number of nitrogens with zero attached hydrogens (tertiary/aromatic N) is 3. The Hall–Kier alpha value is -3.18. The van der Waals surface area contributed by atoms with Gasteiger partial charge in [-0.3, -0.25) is 5.43 Å². The molecule has 0 amide bonds. The van der Waals surface area contributed by atoms with Crippen molar-refractivity contribution in [3.05, 3.63) is 89.1 Å². The molecular formula is C26H30N4O. The highest BCUT2D eigenvalue weighted by molar-refractivity contribution is 5.80. The molecule has 1 aromatic heterocycles. The number of nitrogens with one attached hydrogen (secondary N) is 1. The van der Waals surface area contributed by atoms with Gasteiger partial charge in [0, 0.05) is 30.5 Å². The molecule has 0 spiro atoms. The maximum atomic E-state index is 5.52. The number of aromatic nitrogens is 1. The molecule has 3 aromatic rings. The normalized spacial score (nSPS) is 14.2. The van der Waals surface area contributed by atoms with Gasteiger partial charge in [0.25, 0.3) is 0 Å². The largest absolute Gasteiger partial charge is 0.378 e. The smallest absolute Gasteiger partial charge is 0.148 e. The van der Waals surface area contributed by atoms with Gasteiger partial charge in [-0.05, 0) is 43.4 Å². The quantitative estimate of drug-likeness (QED) is 0.423. The number of hydrogen-bond donors (Lipinski definition) is 1. The van der Waals surface area contributed by atoms with Crippen molar-refractivity contribution in [2.45, 2.75) is 26.2 Å². The lowest BCUT2D eigenvalue weighted by Gasteiger charge is -2.29. The number of benzene rings is 2. The Labute approximate surface area is 184 Å². The minimum absolute atomic E-state index is 0.764. The lowest BCUT2D eigenvalue weighted by molar-refractivity contribution is 0.122. The van der Waals surface area contributed by atoms with Crippen LogP contribution in [-0.4, -0.2) is 37.5 Å². The van der Waals surface area contributed by atoms with E-state index >= 15 is 0 Å². The fourth-order valence-electron chi connectivity index (χ4n) is 3.80. The molecule has 160 valence electrons. The predicted molar refractivity (Wildman–Crippen MR) is 128 cm³/mol. The van der Waals surface area contributed by atoms with Crippen LogP contribution in [0.2, 0.25) is 0 Å². The summed E-state index contributed by atoms with van der Waals surface area (Å²) in [6.07, 6.45) is 4.89. The molecule has 1 N–H and O–H groups in total. The summed E-state index contributed by atoms with van der Waals surface area (Å²) in [4.78, 5) is 7.19. The fourth-order valence-corrected chi connectivity index (χ4v) is 3.80. The Bertz CT molecular complexity index is 997. The second-order valence-electron chi connectivity index (χ2n) is 7.92. The van der Waals surface area contributed by atoms with Crippen molar-refractivity contribution in [3.8, 4) is 0 Å². The lowest BCUT2D eigenvalue weighted by Crippen LogP contribution is -2.36. The van der Waals surface area contributed by atoms with E-state index in [4.69, 9.17) is 9.72 Å². The third-order valence-corrected chi connectivity index (χ3v) is 5.42.